The second kappa shape index (κ2) is 6.14. The first-order chi connectivity index (χ1) is 12.2. The van der Waals surface area contributed by atoms with Crippen molar-refractivity contribution in [2.45, 2.75) is 6.04 Å². The molecule has 0 bridgehead atoms. The van der Waals surface area contributed by atoms with E-state index in [1.807, 2.05) is 54.6 Å². The Hall–Kier alpha value is -2.99. The molecule has 124 valence electrons. The van der Waals surface area contributed by atoms with E-state index in [2.05, 4.69) is 9.73 Å². The average molecular weight is 350 g/mol. The van der Waals surface area contributed by atoms with Crippen LogP contribution in [0.2, 0.25) is 0 Å². The Morgan fingerprint density at radius 1 is 1.16 bits per heavy atom. The topological polar surface area (TPSA) is 60.7 Å². The molecule has 0 unspecified atom stereocenters. The lowest BCUT2D eigenvalue weighted by Crippen LogP contribution is -2.37. The van der Waals surface area contributed by atoms with Crippen molar-refractivity contribution in [2.24, 2.45) is 4.99 Å². The summed E-state index contributed by atoms with van der Waals surface area (Å²) >= 11 is 1.20. The summed E-state index contributed by atoms with van der Waals surface area (Å²) in [7, 11) is 1.29. The zero-order chi connectivity index (χ0) is 17.4. The Kier molecular flexibility index (Phi) is 3.82. The summed E-state index contributed by atoms with van der Waals surface area (Å²) in [6.45, 7) is 0. The molecule has 0 fully saturated rings. The number of carbonyl (C=O) groups is 1. The number of aromatic nitrogens is 1. The average Bonchev–Trinajstić information content (AvgIpc) is 2.95. The van der Waals surface area contributed by atoms with Gasteiger partial charge in [-0.3, -0.25) is 9.36 Å². The van der Waals surface area contributed by atoms with Gasteiger partial charge in [0.05, 0.1) is 18.8 Å². The van der Waals surface area contributed by atoms with Crippen LogP contribution >= 0.6 is 11.3 Å². The molecule has 2 aromatic carbocycles. The van der Waals surface area contributed by atoms with Crippen LogP contribution in [-0.4, -0.2) is 17.6 Å². The van der Waals surface area contributed by atoms with Crippen LogP contribution in [0.25, 0.3) is 6.08 Å². The summed E-state index contributed by atoms with van der Waals surface area (Å²) in [5.74, 6) is -0.551. The van der Waals surface area contributed by atoms with Crippen molar-refractivity contribution in [3.63, 3.8) is 0 Å². The second-order valence-corrected chi connectivity index (χ2v) is 6.58. The van der Waals surface area contributed by atoms with Crippen molar-refractivity contribution in [2.75, 3.05) is 7.11 Å². The number of esters is 1. The highest BCUT2D eigenvalue weighted by Gasteiger charge is 2.26. The van der Waals surface area contributed by atoms with Gasteiger partial charge in [-0.2, -0.15) is 0 Å². The molecular weight excluding hydrogens is 336 g/mol. The summed E-state index contributed by atoms with van der Waals surface area (Å²) in [6, 6.07) is 17.3. The molecule has 0 N–H and O–H groups in total. The number of thiazole rings is 1. The van der Waals surface area contributed by atoms with E-state index >= 15 is 0 Å². The van der Waals surface area contributed by atoms with E-state index in [0.717, 1.165) is 16.8 Å². The van der Waals surface area contributed by atoms with E-state index in [1.54, 1.807) is 4.57 Å². The number of nitrogens with zero attached hydrogens (tertiary/aromatic N) is 2. The molecule has 0 radical (unpaired) electrons. The number of fused-ring (bicyclic) bond motifs is 2. The number of hydrogen-bond donors (Lipinski definition) is 0. The lowest BCUT2D eigenvalue weighted by Gasteiger charge is -2.23. The highest BCUT2D eigenvalue weighted by molar-refractivity contribution is 7.07. The predicted molar refractivity (Wildman–Crippen MR) is 95.6 cm³/mol. The van der Waals surface area contributed by atoms with Gasteiger partial charge in [0.2, 0.25) is 0 Å². The molecule has 6 heteroatoms. The van der Waals surface area contributed by atoms with Crippen LogP contribution in [0.3, 0.4) is 0 Å². The highest BCUT2D eigenvalue weighted by atomic mass is 32.1. The summed E-state index contributed by atoms with van der Waals surface area (Å²) in [5.41, 5.74) is 2.56. The molecule has 0 amide bonds. The van der Waals surface area contributed by atoms with Crippen LogP contribution in [0.1, 0.15) is 17.2 Å². The first-order valence-electron chi connectivity index (χ1n) is 7.72. The van der Waals surface area contributed by atoms with E-state index in [9.17, 15) is 9.59 Å². The van der Waals surface area contributed by atoms with Gasteiger partial charge in [-0.15, -0.1) is 0 Å². The number of hydrogen-bond acceptors (Lipinski definition) is 5. The number of rotatable bonds is 2. The molecule has 1 aliphatic rings. The minimum absolute atomic E-state index is 0.238. The van der Waals surface area contributed by atoms with Gasteiger partial charge in [0.1, 0.15) is 4.53 Å². The van der Waals surface area contributed by atoms with Crippen LogP contribution < -0.4 is 14.9 Å². The minimum Gasteiger partial charge on any atom is -0.466 e. The van der Waals surface area contributed by atoms with Crippen molar-refractivity contribution in [1.29, 1.82) is 0 Å². The van der Waals surface area contributed by atoms with E-state index in [-0.39, 0.29) is 11.6 Å². The smallest absolute Gasteiger partial charge is 0.332 e. The van der Waals surface area contributed by atoms with E-state index in [1.165, 1.54) is 24.5 Å². The van der Waals surface area contributed by atoms with Crippen molar-refractivity contribution in [3.8, 4) is 0 Å². The molecular formula is C19H14N2O3S. The lowest BCUT2D eigenvalue weighted by molar-refractivity contribution is -0.133. The fourth-order valence-electron chi connectivity index (χ4n) is 2.98. The first-order valence-corrected chi connectivity index (χ1v) is 8.54. The molecule has 1 atom stereocenters. The van der Waals surface area contributed by atoms with E-state index < -0.39 is 5.97 Å². The molecule has 0 aliphatic carbocycles. The normalized spacial score (nSPS) is 15.9. The Labute approximate surface area is 147 Å². The van der Waals surface area contributed by atoms with Crippen LogP contribution in [0.15, 0.2) is 64.4 Å². The Morgan fingerprint density at radius 2 is 1.88 bits per heavy atom. The monoisotopic (exact) mass is 350 g/mol. The zero-order valence-corrected chi connectivity index (χ0v) is 14.2. The molecule has 2 heterocycles. The van der Waals surface area contributed by atoms with Gasteiger partial charge in [-0.1, -0.05) is 59.9 Å². The standard InChI is InChI=1S/C19H14N2O3S/c1-24-16(22)11-15-18(23)21-17(12-7-3-2-4-8-12)13-9-5-6-10-14(13)20-19(21)25-15/h2-11,17H,1H3/b15-11+/t17-/m0/s1. The Balaban J connectivity index is 2.05. The van der Waals surface area contributed by atoms with Crippen molar-refractivity contribution in [3.05, 3.63) is 85.4 Å². The van der Waals surface area contributed by atoms with Crippen LogP contribution in [0.4, 0.5) is 5.69 Å². The van der Waals surface area contributed by atoms with E-state index in [4.69, 9.17) is 0 Å². The summed E-state index contributed by atoms with van der Waals surface area (Å²) in [4.78, 5) is 29.7. The molecule has 0 saturated carbocycles. The SMILES string of the molecule is COC(=O)/C=c1/sc2n(c1=O)[C@@H](c1ccccc1)c1ccccc1N=2. The number of benzene rings is 2. The molecule has 1 aliphatic heterocycles. The maximum atomic E-state index is 12.9. The Bertz CT molecular complexity index is 1130. The van der Waals surface area contributed by atoms with Gasteiger partial charge in [0.15, 0.2) is 4.80 Å². The Morgan fingerprint density at radius 3 is 2.64 bits per heavy atom. The lowest BCUT2D eigenvalue weighted by atomic mass is 9.96. The molecule has 0 spiro atoms. The van der Waals surface area contributed by atoms with Gasteiger partial charge in [-0.25, -0.2) is 9.79 Å². The third-order valence-electron chi connectivity index (χ3n) is 4.11. The van der Waals surface area contributed by atoms with E-state index in [0.29, 0.717) is 9.33 Å². The van der Waals surface area contributed by atoms with Gasteiger partial charge < -0.3 is 4.74 Å². The molecule has 1 aromatic heterocycles. The maximum Gasteiger partial charge on any atom is 0.332 e. The number of carbonyl (C=O) groups excluding carboxylic acids is 1. The minimum atomic E-state index is -0.551. The molecule has 5 nitrogen and oxygen atoms in total. The first kappa shape index (κ1) is 15.5. The predicted octanol–water partition coefficient (Wildman–Crippen LogP) is 1.77. The van der Waals surface area contributed by atoms with Gasteiger partial charge in [-0.05, 0) is 11.6 Å². The van der Waals surface area contributed by atoms with Gasteiger partial charge >= 0.3 is 5.97 Å². The highest BCUT2D eigenvalue weighted by Crippen LogP contribution is 2.33. The van der Waals surface area contributed by atoms with Crippen LogP contribution in [0.5, 0.6) is 0 Å². The van der Waals surface area contributed by atoms with Crippen molar-refractivity contribution in [1.82, 2.24) is 4.57 Å². The second-order valence-electron chi connectivity index (χ2n) is 5.58. The van der Waals surface area contributed by atoms with Gasteiger partial charge in [0, 0.05) is 11.6 Å². The largest absolute Gasteiger partial charge is 0.466 e. The van der Waals surface area contributed by atoms with Crippen molar-refractivity contribution >= 4 is 29.1 Å². The fraction of sp³-hybridized carbons (Fsp3) is 0.105. The maximum absolute atomic E-state index is 12.9. The number of para-hydroxylation sites is 1. The quantitative estimate of drug-likeness (QED) is 0.518. The molecule has 3 aromatic rings. The number of methoxy groups -OCH3 is 1. The number of ether oxygens (including phenoxy) is 1. The van der Waals surface area contributed by atoms with Gasteiger partial charge in [0.25, 0.3) is 5.56 Å². The zero-order valence-electron chi connectivity index (χ0n) is 13.4. The van der Waals surface area contributed by atoms with Crippen molar-refractivity contribution < 1.29 is 9.53 Å². The van der Waals surface area contributed by atoms with Crippen LogP contribution in [-0.2, 0) is 9.53 Å². The molecule has 4 rings (SSSR count). The summed E-state index contributed by atoms with van der Waals surface area (Å²) < 4.78 is 6.62. The van der Waals surface area contributed by atoms with Crippen LogP contribution in [0, 0.1) is 0 Å². The third kappa shape index (κ3) is 2.60. The third-order valence-corrected chi connectivity index (χ3v) is 5.09. The summed E-state index contributed by atoms with van der Waals surface area (Å²) in [5, 5.41) is 0. The molecule has 0 saturated heterocycles. The fourth-order valence-corrected chi connectivity index (χ4v) is 3.95. The summed E-state index contributed by atoms with van der Waals surface area (Å²) in [6.07, 6.45) is 1.22. The molecule has 25 heavy (non-hydrogen) atoms.